The maximum atomic E-state index is 14.4. The lowest BCUT2D eigenvalue weighted by molar-refractivity contribution is 0.0994. The van der Waals surface area contributed by atoms with Crippen LogP contribution in [0.5, 0.6) is 0 Å². The molecule has 2 N–H and O–H groups in total. The molecule has 0 atom stereocenters. The Balaban J connectivity index is 1.74. The summed E-state index contributed by atoms with van der Waals surface area (Å²) in [6, 6.07) is 4.84. The quantitative estimate of drug-likeness (QED) is 0.740. The number of hydrogen-bond donors (Lipinski definition) is 1. The van der Waals surface area contributed by atoms with Gasteiger partial charge in [-0.15, -0.1) is 0 Å². The lowest BCUT2D eigenvalue weighted by atomic mass is 9.92. The minimum absolute atomic E-state index is 0.0404. The maximum absolute atomic E-state index is 14.4. The molecule has 0 spiro atoms. The first-order valence-electron chi connectivity index (χ1n) is 8.71. The van der Waals surface area contributed by atoms with Crippen LogP contribution in [0.3, 0.4) is 0 Å². The third-order valence-electron chi connectivity index (χ3n) is 4.85. The molecular formula is C19H17F2N5O2. The van der Waals surface area contributed by atoms with Crippen LogP contribution in [0.25, 0.3) is 11.1 Å². The summed E-state index contributed by atoms with van der Waals surface area (Å²) in [7, 11) is 0. The molecule has 0 bridgehead atoms. The zero-order valence-electron chi connectivity index (χ0n) is 15.1. The highest BCUT2D eigenvalue weighted by Crippen LogP contribution is 2.32. The van der Waals surface area contributed by atoms with Gasteiger partial charge in [-0.05, 0) is 42.7 Å². The number of rotatable bonds is 4. The molecule has 0 radical (unpaired) electrons. The number of amides is 1. The van der Waals surface area contributed by atoms with Gasteiger partial charge >= 0.3 is 0 Å². The van der Waals surface area contributed by atoms with Crippen molar-refractivity contribution in [3.05, 3.63) is 64.2 Å². The number of aromatic nitrogens is 3. The van der Waals surface area contributed by atoms with E-state index >= 15 is 0 Å². The van der Waals surface area contributed by atoms with E-state index in [0.29, 0.717) is 43.0 Å². The molecule has 0 saturated heterocycles. The molecule has 3 heterocycles. The Bertz CT molecular complexity index is 1070. The second-order valence-electron chi connectivity index (χ2n) is 6.73. The van der Waals surface area contributed by atoms with Crippen molar-refractivity contribution in [3.8, 4) is 11.1 Å². The normalized spacial score (nSPS) is 14.1. The van der Waals surface area contributed by atoms with Crippen molar-refractivity contribution >= 4 is 5.91 Å². The molecule has 3 aromatic rings. The summed E-state index contributed by atoms with van der Waals surface area (Å²) >= 11 is 0. The highest BCUT2D eigenvalue weighted by atomic mass is 19.1. The Morgan fingerprint density at radius 3 is 2.75 bits per heavy atom. The first-order valence-corrected chi connectivity index (χ1v) is 8.71. The fraction of sp³-hybridized carbons (Fsp3) is 0.263. The van der Waals surface area contributed by atoms with Crippen molar-refractivity contribution in [2.75, 3.05) is 6.54 Å². The van der Waals surface area contributed by atoms with E-state index in [-0.39, 0.29) is 11.3 Å². The van der Waals surface area contributed by atoms with E-state index in [9.17, 15) is 13.6 Å². The molecule has 7 nitrogen and oxygen atoms in total. The number of hydrogen-bond acceptors (Lipinski definition) is 6. The van der Waals surface area contributed by atoms with Crippen LogP contribution < -0.4 is 5.73 Å². The van der Waals surface area contributed by atoms with E-state index < -0.39 is 17.5 Å². The number of aryl methyl sites for hydroxylation is 1. The predicted molar refractivity (Wildman–Crippen MR) is 95.0 cm³/mol. The molecule has 9 heteroatoms. The summed E-state index contributed by atoms with van der Waals surface area (Å²) < 4.78 is 32.5. The van der Waals surface area contributed by atoms with Crippen LogP contribution in [0.4, 0.5) is 8.78 Å². The van der Waals surface area contributed by atoms with Crippen LogP contribution in [-0.2, 0) is 19.5 Å². The second kappa shape index (κ2) is 7.08. The monoisotopic (exact) mass is 385 g/mol. The third-order valence-corrected chi connectivity index (χ3v) is 4.85. The molecule has 1 aromatic carbocycles. The van der Waals surface area contributed by atoms with E-state index in [4.69, 9.17) is 10.4 Å². The number of primary amides is 1. The molecule has 2 aromatic heterocycles. The Morgan fingerprint density at radius 1 is 1.25 bits per heavy atom. The van der Waals surface area contributed by atoms with Gasteiger partial charge in [0.05, 0.1) is 5.69 Å². The topological polar surface area (TPSA) is 98.1 Å². The van der Waals surface area contributed by atoms with Gasteiger partial charge in [0.1, 0.15) is 28.7 Å². The summed E-state index contributed by atoms with van der Waals surface area (Å²) in [6.07, 6.45) is 0.581. The van der Waals surface area contributed by atoms with Crippen LogP contribution in [0.2, 0.25) is 0 Å². The van der Waals surface area contributed by atoms with Crippen molar-refractivity contribution < 1.29 is 18.2 Å². The standard InChI is InChI=1S/C19H17F2N5O2/c1-10-17(25-28-24-10)8-26-5-4-13-14(12-3-2-11(20)6-15(12)21)7-16(19(22)27)23-18(13)9-26/h2-3,6-7H,4-5,8-9H2,1H3,(H2,22,27). The van der Waals surface area contributed by atoms with Crippen LogP contribution >= 0.6 is 0 Å². The van der Waals surface area contributed by atoms with E-state index in [0.717, 1.165) is 17.3 Å². The van der Waals surface area contributed by atoms with Gasteiger partial charge in [0, 0.05) is 31.3 Å². The zero-order chi connectivity index (χ0) is 19.8. The lowest BCUT2D eigenvalue weighted by Gasteiger charge is -2.29. The van der Waals surface area contributed by atoms with Gasteiger partial charge in [0.25, 0.3) is 5.91 Å². The molecule has 0 saturated carbocycles. The first kappa shape index (κ1) is 18.2. The van der Waals surface area contributed by atoms with Gasteiger partial charge < -0.3 is 5.73 Å². The van der Waals surface area contributed by atoms with Gasteiger partial charge in [0.15, 0.2) is 0 Å². The zero-order valence-corrected chi connectivity index (χ0v) is 15.1. The summed E-state index contributed by atoms with van der Waals surface area (Å²) in [4.78, 5) is 18.2. The number of halogens is 2. The Hall–Kier alpha value is -3.20. The molecule has 1 aliphatic heterocycles. The fourth-order valence-electron chi connectivity index (χ4n) is 3.41. The number of pyridine rings is 1. The van der Waals surface area contributed by atoms with Crippen LogP contribution in [-0.4, -0.2) is 32.6 Å². The summed E-state index contributed by atoms with van der Waals surface area (Å²) in [5.74, 6) is -2.07. The number of nitrogens with zero attached hydrogens (tertiary/aromatic N) is 4. The van der Waals surface area contributed by atoms with Crippen molar-refractivity contribution in [1.82, 2.24) is 20.2 Å². The molecule has 144 valence electrons. The maximum Gasteiger partial charge on any atom is 0.267 e. The average molecular weight is 385 g/mol. The Morgan fingerprint density at radius 2 is 2.07 bits per heavy atom. The third kappa shape index (κ3) is 3.36. The average Bonchev–Trinajstić information content (AvgIpc) is 3.05. The minimum atomic E-state index is -0.708. The first-order chi connectivity index (χ1) is 13.4. The minimum Gasteiger partial charge on any atom is -0.364 e. The molecule has 1 amide bonds. The number of nitrogens with two attached hydrogens (primary N) is 1. The van der Waals surface area contributed by atoms with Gasteiger partial charge in [-0.2, -0.15) is 0 Å². The van der Waals surface area contributed by atoms with Crippen molar-refractivity contribution in [3.63, 3.8) is 0 Å². The van der Waals surface area contributed by atoms with Gasteiger partial charge in [0.2, 0.25) is 0 Å². The molecule has 0 unspecified atom stereocenters. The van der Waals surface area contributed by atoms with E-state index in [1.807, 2.05) is 6.92 Å². The smallest absolute Gasteiger partial charge is 0.267 e. The highest BCUT2D eigenvalue weighted by molar-refractivity contribution is 5.92. The number of carbonyl (C=O) groups is 1. The second-order valence-corrected chi connectivity index (χ2v) is 6.73. The van der Waals surface area contributed by atoms with Crippen molar-refractivity contribution in [1.29, 1.82) is 0 Å². The number of carbonyl (C=O) groups excluding carboxylic acids is 1. The molecule has 4 rings (SSSR count). The molecular weight excluding hydrogens is 368 g/mol. The van der Waals surface area contributed by atoms with Gasteiger partial charge in [-0.1, -0.05) is 10.3 Å². The molecule has 28 heavy (non-hydrogen) atoms. The van der Waals surface area contributed by atoms with Crippen LogP contribution in [0.1, 0.15) is 33.1 Å². The summed E-state index contributed by atoms with van der Waals surface area (Å²) in [5, 5.41) is 7.66. The van der Waals surface area contributed by atoms with E-state index in [1.54, 1.807) is 0 Å². The SMILES string of the molecule is Cc1nonc1CN1CCc2c(-c3ccc(F)cc3F)cc(C(N)=O)nc2C1. The van der Waals surface area contributed by atoms with E-state index in [2.05, 4.69) is 20.2 Å². The van der Waals surface area contributed by atoms with E-state index in [1.165, 1.54) is 18.2 Å². The summed E-state index contributed by atoms with van der Waals surface area (Å²) in [6.45, 7) is 3.42. The van der Waals surface area contributed by atoms with Crippen LogP contribution in [0.15, 0.2) is 28.9 Å². The summed E-state index contributed by atoms with van der Waals surface area (Å²) in [5.41, 5.74) is 9.07. The molecule has 0 aliphatic carbocycles. The highest BCUT2D eigenvalue weighted by Gasteiger charge is 2.25. The van der Waals surface area contributed by atoms with Crippen molar-refractivity contribution in [2.24, 2.45) is 5.73 Å². The molecule has 0 fully saturated rings. The largest absolute Gasteiger partial charge is 0.364 e. The predicted octanol–water partition coefficient (Wildman–Crippen LogP) is 2.38. The van der Waals surface area contributed by atoms with Crippen LogP contribution in [0, 0.1) is 18.6 Å². The number of fused-ring (bicyclic) bond motifs is 1. The Labute approximate surface area is 159 Å². The van der Waals surface area contributed by atoms with Crippen molar-refractivity contribution in [2.45, 2.75) is 26.4 Å². The lowest BCUT2D eigenvalue weighted by Crippen LogP contribution is -2.32. The Kier molecular flexibility index (Phi) is 4.60. The fourth-order valence-corrected chi connectivity index (χ4v) is 3.41. The van der Waals surface area contributed by atoms with Gasteiger partial charge in [-0.25, -0.2) is 18.4 Å². The molecule has 1 aliphatic rings. The van der Waals surface area contributed by atoms with Gasteiger partial charge in [-0.3, -0.25) is 9.69 Å². The number of benzene rings is 1.